The van der Waals surface area contributed by atoms with E-state index in [4.69, 9.17) is 4.74 Å². The summed E-state index contributed by atoms with van der Waals surface area (Å²) in [5.41, 5.74) is -9.30. The van der Waals surface area contributed by atoms with Crippen LogP contribution >= 0.6 is 0 Å². The second-order valence-corrected chi connectivity index (χ2v) is 14.9. The average molecular weight is 785 g/mol. The zero-order valence-electron chi connectivity index (χ0n) is 26.8. The number of halogens is 6. The van der Waals surface area contributed by atoms with Crippen molar-refractivity contribution >= 4 is 43.6 Å². The molecule has 2 aliphatic rings. The molecule has 0 bridgehead atoms. The van der Waals surface area contributed by atoms with Gasteiger partial charge in [-0.2, -0.15) is 43.2 Å². The fourth-order valence-corrected chi connectivity index (χ4v) is 7.64. The molecule has 53 heavy (non-hydrogen) atoms. The van der Waals surface area contributed by atoms with E-state index in [0.29, 0.717) is 46.9 Å². The molecular formula is C33H22F6N2O10S2. The van der Waals surface area contributed by atoms with Crippen LogP contribution in [0.5, 0.6) is 11.5 Å². The number of nitrogens with zero attached hydrogens (tertiary/aromatic N) is 2. The summed E-state index contributed by atoms with van der Waals surface area (Å²) in [5.74, 6) is -4.26. The number of anilines is 1. The normalized spacial score (nSPS) is 15.2. The molecule has 4 aromatic carbocycles. The molecular weight excluding hydrogens is 762 g/mol. The Hall–Kier alpha value is -5.31. The highest BCUT2D eigenvalue weighted by atomic mass is 32.2. The van der Waals surface area contributed by atoms with Gasteiger partial charge < -0.3 is 9.64 Å². The molecule has 4 aromatic rings. The van der Waals surface area contributed by atoms with Gasteiger partial charge >= 0.3 is 12.4 Å². The second-order valence-electron chi connectivity index (χ2n) is 12.1. The molecule has 20 heteroatoms. The Balaban J connectivity index is 1.43. The lowest BCUT2D eigenvalue weighted by atomic mass is 9.71. The predicted molar refractivity (Wildman–Crippen MR) is 170 cm³/mol. The van der Waals surface area contributed by atoms with Crippen molar-refractivity contribution in [3.05, 3.63) is 112 Å². The van der Waals surface area contributed by atoms with E-state index in [0.717, 1.165) is 42.3 Å². The molecule has 6 rings (SSSR count). The van der Waals surface area contributed by atoms with Gasteiger partial charge in [0.25, 0.3) is 38.0 Å². The second kappa shape index (κ2) is 12.1. The Kier molecular flexibility index (Phi) is 8.56. The fourth-order valence-electron chi connectivity index (χ4n) is 6.31. The number of carbonyl (C=O) groups is 3. The first kappa shape index (κ1) is 37.4. The largest absolute Gasteiger partial charge is 0.454 e. The van der Waals surface area contributed by atoms with E-state index in [1.54, 1.807) is 0 Å². The van der Waals surface area contributed by atoms with E-state index >= 15 is 0 Å². The molecule has 2 heterocycles. The summed E-state index contributed by atoms with van der Waals surface area (Å²) in [5, 5.41) is 0. The molecule has 3 amide bonds. The predicted octanol–water partition coefficient (Wildman–Crippen LogP) is 6.08. The van der Waals surface area contributed by atoms with Gasteiger partial charge in [-0.15, -0.1) is 0 Å². The number of benzene rings is 4. The molecule has 0 spiro atoms. The Labute approximate surface area is 295 Å². The van der Waals surface area contributed by atoms with Gasteiger partial charge in [0.2, 0.25) is 5.41 Å². The highest BCUT2D eigenvalue weighted by molar-refractivity contribution is 7.86. The number of carbonyl (C=O) groups excluding carboxylic acids is 3. The molecule has 0 fully saturated rings. The van der Waals surface area contributed by atoms with E-state index in [9.17, 15) is 66.7 Å². The number of hydrogen-bond donors (Lipinski definition) is 2. The number of imide groups is 1. The van der Waals surface area contributed by atoms with Crippen LogP contribution in [0.25, 0.3) is 0 Å². The van der Waals surface area contributed by atoms with Gasteiger partial charge in [0.15, 0.2) is 0 Å². The summed E-state index contributed by atoms with van der Waals surface area (Å²) in [6, 6.07) is 9.28. The standard InChI is InChI=1S/C33H22F6N2O10S2/c1-16-3-9-24(26(11-16)52(45,46)47)51-25-10-6-20(14-27(25)53(48,49)50)41-15-17-12-18(4-7-21(17)30(41)44)31(32(34,35)36,33(37,38)39)19-5-8-22-23(13-19)29(43)40(2)28(22)42/h3-14H,15H2,1-2H3,(H,45,46,47)(H,48,49,50). The van der Waals surface area contributed by atoms with Gasteiger partial charge in [0.1, 0.15) is 21.3 Å². The first-order chi connectivity index (χ1) is 24.4. The van der Waals surface area contributed by atoms with Crippen LogP contribution < -0.4 is 9.64 Å². The van der Waals surface area contributed by atoms with Crippen molar-refractivity contribution in [2.45, 2.75) is 41.0 Å². The number of rotatable bonds is 7. The third-order valence-corrected chi connectivity index (χ3v) is 10.6. The van der Waals surface area contributed by atoms with Gasteiger partial charge in [0, 0.05) is 18.3 Å². The van der Waals surface area contributed by atoms with E-state index in [1.807, 2.05) is 0 Å². The molecule has 0 saturated carbocycles. The quantitative estimate of drug-likeness (QED) is 0.127. The maximum atomic E-state index is 15.0. The SMILES string of the molecule is Cc1ccc(Oc2ccc(N3Cc4cc(C(c5ccc6c(c5)C(=O)N(C)C6=O)(C(F)(F)F)C(F)(F)F)ccc4C3=O)cc2S(=O)(=O)O)c(S(=O)(=O)O)c1. The van der Waals surface area contributed by atoms with Crippen molar-refractivity contribution in [1.82, 2.24) is 4.90 Å². The Morgan fingerprint density at radius 1 is 0.642 bits per heavy atom. The van der Waals surface area contributed by atoms with Crippen molar-refractivity contribution < 1.29 is 71.4 Å². The third-order valence-electron chi connectivity index (χ3n) is 8.83. The maximum absolute atomic E-state index is 15.0. The smallest absolute Gasteiger partial charge is 0.411 e. The van der Waals surface area contributed by atoms with Crippen LogP contribution in [0.1, 0.15) is 53.3 Å². The van der Waals surface area contributed by atoms with Gasteiger partial charge in [-0.1, -0.05) is 24.3 Å². The highest BCUT2D eigenvalue weighted by Crippen LogP contribution is 2.57. The molecule has 0 saturated heterocycles. The average Bonchev–Trinajstić information content (AvgIpc) is 3.48. The molecule has 12 nitrogen and oxygen atoms in total. The Morgan fingerprint density at radius 3 is 1.72 bits per heavy atom. The Bertz CT molecular complexity index is 2490. The topological polar surface area (TPSA) is 176 Å². The summed E-state index contributed by atoms with van der Waals surface area (Å²) in [4.78, 5) is 37.9. The number of alkyl halides is 6. The minimum Gasteiger partial charge on any atom is -0.454 e. The molecule has 2 N–H and O–H groups in total. The van der Waals surface area contributed by atoms with E-state index < -0.39 is 106 Å². The van der Waals surface area contributed by atoms with E-state index in [2.05, 4.69) is 0 Å². The van der Waals surface area contributed by atoms with Crippen molar-refractivity contribution in [2.24, 2.45) is 0 Å². The van der Waals surface area contributed by atoms with Gasteiger partial charge in [-0.05, 0) is 77.7 Å². The van der Waals surface area contributed by atoms with Crippen LogP contribution in [-0.4, -0.2) is 68.0 Å². The van der Waals surface area contributed by atoms with Crippen molar-refractivity contribution in [3.8, 4) is 11.5 Å². The molecule has 0 atom stereocenters. The van der Waals surface area contributed by atoms with Crippen molar-refractivity contribution in [1.29, 1.82) is 0 Å². The number of aryl methyl sites for hydroxylation is 1. The number of amides is 3. The van der Waals surface area contributed by atoms with Crippen molar-refractivity contribution in [2.75, 3.05) is 11.9 Å². The van der Waals surface area contributed by atoms with Crippen LogP contribution in [0, 0.1) is 6.92 Å². The summed E-state index contributed by atoms with van der Waals surface area (Å²) in [6.45, 7) is 0.792. The highest BCUT2D eigenvalue weighted by Gasteiger charge is 2.72. The summed E-state index contributed by atoms with van der Waals surface area (Å²) in [6.07, 6.45) is -12.2. The lowest BCUT2D eigenvalue weighted by Gasteiger charge is -2.38. The minimum atomic E-state index is -6.10. The molecule has 0 aliphatic carbocycles. The molecule has 0 radical (unpaired) electrons. The molecule has 2 aliphatic heterocycles. The van der Waals surface area contributed by atoms with Gasteiger partial charge in [-0.3, -0.25) is 28.4 Å². The summed E-state index contributed by atoms with van der Waals surface area (Å²) < 4.78 is 164. The fraction of sp³-hybridized carbons (Fsp3) is 0.182. The van der Waals surface area contributed by atoms with Crippen LogP contribution in [0.2, 0.25) is 0 Å². The molecule has 0 aromatic heterocycles. The maximum Gasteiger partial charge on any atom is 0.411 e. The van der Waals surface area contributed by atoms with Gasteiger partial charge in [0.05, 0.1) is 17.7 Å². The number of fused-ring (bicyclic) bond motifs is 2. The third kappa shape index (κ3) is 6.00. The Morgan fingerprint density at radius 2 is 1.15 bits per heavy atom. The molecule has 278 valence electrons. The number of ether oxygens (including phenoxy) is 1. The van der Waals surface area contributed by atoms with E-state index in [-0.39, 0.29) is 16.8 Å². The zero-order chi connectivity index (χ0) is 39.2. The first-order valence-electron chi connectivity index (χ1n) is 14.8. The number of hydrogen-bond acceptors (Lipinski definition) is 8. The van der Waals surface area contributed by atoms with Crippen LogP contribution in [0.3, 0.4) is 0 Å². The zero-order valence-corrected chi connectivity index (χ0v) is 28.4. The minimum absolute atomic E-state index is 0.324. The lowest BCUT2D eigenvalue weighted by Crippen LogP contribution is -2.54. The van der Waals surface area contributed by atoms with Gasteiger partial charge in [-0.25, -0.2) is 0 Å². The molecule has 0 unspecified atom stereocenters. The summed E-state index contributed by atoms with van der Waals surface area (Å²) >= 11 is 0. The van der Waals surface area contributed by atoms with Crippen LogP contribution in [0.4, 0.5) is 32.0 Å². The summed E-state index contributed by atoms with van der Waals surface area (Å²) in [7, 11) is -9.12. The first-order valence-corrected chi connectivity index (χ1v) is 17.7. The van der Waals surface area contributed by atoms with Crippen LogP contribution in [0.15, 0.2) is 82.6 Å². The van der Waals surface area contributed by atoms with E-state index in [1.165, 1.54) is 13.0 Å². The monoisotopic (exact) mass is 784 g/mol. The van der Waals surface area contributed by atoms with Crippen molar-refractivity contribution in [3.63, 3.8) is 0 Å². The lowest BCUT2D eigenvalue weighted by molar-refractivity contribution is -0.288. The van der Waals surface area contributed by atoms with Crippen LogP contribution in [-0.2, 0) is 32.2 Å².